The number of phenols is 1. The Morgan fingerprint density at radius 2 is 2.12 bits per heavy atom. The molecule has 88 valence electrons. The first-order valence-corrected chi connectivity index (χ1v) is 5.41. The lowest BCUT2D eigenvalue weighted by atomic mass is 10.0. The third kappa shape index (κ3) is 1.84. The Hall–Kier alpha value is -2.03. The Morgan fingerprint density at radius 1 is 1.41 bits per heavy atom. The number of hydrogen-bond acceptors (Lipinski definition) is 3. The van der Waals surface area contributed by atoms with Gasteiger partial charge >= 0.3 is 5.63 Å². The molecule has 0 fully saturated rings. The SMILES string of the molecule is C=CCc1cc2c(C)cc(=O)oc2c(C)c1O. The van der Waals surface area contributed by atoms with Gasteiger partial charge in [-0.15, -0.1) is 6.58 Å². The van der Waals surface area contributed by atoms with Gasteiger partial charge < -0.3 is 9.52 Å². The Labute approximate surface area is 99.0 Å². The second-order valence-electron chi connectivity index (χ2n) is 4.13. The largest absolute Gasteiger partial charge is 0.507 e. The van der Waals surface area contributed by atoms with Crippen molar-refractivity contribution in [3.8, 4) is 5.75 Å². The maximum absolute atomic E-state index is 11.3. The monoisotopic (exact) mass is 230 g/mol. The lowest BCUT2D eigenvalue weighted by molar-refractivity contribution is 0.463. The summed E-state index contributed by atoms with van der Waals surface area (Å²) in [7, 11) is 0. The number of aryl methyl sites for hydroxylation is 2. The highest BCUT2D eigenvalue weighted by Gasteiger charge is 2.12. The van der Waals surface area contributed by atoms with Crippen molar-refractivity contribution in [2.45, 2.75) is 20.3 Å². The number of benzene rings is 1. The van der Waals surface area contributed by atoms with Gasteiger partial charge in [-0.2, -0.15) is 0 Å². The van der Waals surface area contributed by atoms with Crippen molar-refractivity contribution in [3.63, 3.8) is 0 Å². The van der Waals surface area contributed by atoms with Crippen LogP contribution in [0.5, 0.6) is 5.75 Å². The zero-order valence-electron chi connectivity index (χ0n) is 9.91. The van der Waals surface area contributed by atoms with Crippen molar-refractivity contribution >= 4 is 11.0 Å². The Balaban J connectivity index is 2.90. The van der Waals surface area contributed by atoms with E-state index >= 15 is 0 Å². The van der Waals surface area contributed by atoms with Crippen LogP contribution >= 0.6 is 0 Å². The van der Waals surface area contributed by atoms with Gasteiger partial charge in [-0.05, 0) is 37.5 Å². The van der Waals surface area contributed by atoms with Crippen molar-refractivity contribution in [2.24, 2.45) is 0 Å². The van der Waals surface area contributed by atoms with Gasteiger partial charge in [0, 0.05) is 17.0 Å². The van der Waals surface area contributed by atoms with E-state index in [1.165, 1.54) is 6.07 Å². The lowest BCUT2D eigenvalue weighted by Crippen LogP contribution is -2.00. The van der Waals surface area contributed by atoms with Gasteiger partial charge in [-0.3, -0.25) is 0 Å². The van der Waals surface area contributed by atoms with E-state index < -0.39 is 5.63 Å². The van der Waals surface area contributed by atoms with Crippen LogP contribution in [0.2, 0.25) is 0 Å². The van der Waals surface area contributed by atoms with Crippen LogP contribution in [0.3, 0.4) is 0 Å². The molecular formula is C14H14O3. The van der Waals surface area contributed by atoms with E-state index in [0.717, 1.165) is 16.5 Å². The zero-order chi connectivity index (χ0) is 12.6. The van der Waals surface area contributed by atoms with Crippen LogP contribution in [0.4, 0.5) is 0 Å². The standard InChI is InChI=1S/C14H14O3/c1-4-5-10-7-11-8(2)6-12(15)17-14(11)9(3)13(10)16/h4,6-7,16H,1,5H2,2-3H3. The van der Waals surface area contributed by atoms with Crippen LogP contribution in [0.25, 0.3) is 11.0 Å². The number of phenolic OH excluding ortho intramolecular Hbond substituents is 1. The van der Waals surface area contributed by atoms with E-state index in [4.69, 9.17) is 4.42 Å². The molecular weight excluding hydrogens is 216 g/mol. The zero-order valence-corrected chi connectivity index (χ0v) is 9.91. The molecule has 0 aliphatic rings. The first-order valence-electron chi connectivity index (χ1n) is 5.41. The average Bonchev–Trinajstić information content (AvgIpc) is 2.27. The Bertz CT molecular complexity index is 651. The second kappa shape index (κ2) is 4.09. The molecule has 0 spiro atoms. The molecule has 0 saturated heterocycles. The number of aromatic hydroxyl groups is 1. The van der Waals surface area contributed by atoms with Crippen LogP contribution in [0.1, 0.15) is 16.7 Å². The molecule has 1 heterocycles. The number of allylic oxidation sites excluding steroid dienone is 1. The molecule has 2 rings (SSSR count). The first kappa shape index (κ1) is 11.5. The topological polar surface area (TPSA) is 50.4 Å². The molecule has 3 nitrogen and oxygen atoms in total. The molecule has 2 aromatic rings. The number of fused-ring (bicyclic) bond motifs is 1. The average molecular weight is 230 g/mol. The van der Waals surface area contributed by atoms with Crippen LogP contribution in [0.15, 0.2) is 34.0 Å². The summed E-state index contributed by atoms with van der Waals surface area (Å²) in [5, 5.41) is 10.9. The van der Waals surface area contributed by atoms with Crippen LogP contribution < -0.4 is 5.63 Å². The maximum atomic E-state index is 11.3. The molecule has 1 aromatic carbocycles. The maximum Gasteiger partial charge on any atom is 0.336 e. The normalized spacial score (nSPS) is 10.7. The quantitative estimate of drug-likeness (QED) is 0.637. The van der Waals surface area contributed by atoms with E-state index in [9.17, 15) is 9.90 Å². The molecule has 0 amide bonds. The van der Waals surface area contributed by atoms with Crippen LogP contribution in [-0.4, -0.2) is 5.11 Å². The van der Waals surface area contributed by atoms with Crippen molar-refractivity contribution in [1.29, 1.82) is 0 Å². The lowest BCUT2D eigenvalue weighted by Gasteiger charge is -2.09. The summed E-state index contributed by atoms with van der Waals surface area (Å²) in [5.41, 5.74) is 2.31. The van der Waals surface area contributed by atoms with E-state index in [1.54, 1.807) is 13.0 Å². The fraction of sp³-hybridized carbons (Fsp3) is 0.214. The van der Waals surface area contributed by atoms with Gasteiger partial charge in [0.25, 0.3) is 0 Å². The second-order valence-corrected chi connectivity index (χ2v) is 4.13. The van der Waals surface area contributed by atoms with Crippen molar-refractivity contribution in [3.05, 3.63) is 51.9 Å². The smallest absolute Gasteiger partial charge is 0.336 e. The fourth-order valence-corrected chi connectivity index (χ4v) is 1.98. The van der Waals surface area contributed by atoms with Gasteiger partial charge in [0.1, 0.15) is 11.3 Å². The molecule has 0 aliphatic heterocycles. The highest BCUT2D eigenvalue weighted by molar-refractivity contribution is 5.86. The minimum atomic E-state index is -0.394. The van der Waals surface area contributed by atoms with Gasteiger partial charge in [-0.25, -0.2) is 4.79 Å². The third-order valence-corrected chi connectivity index (χ3v) is 2.89. The van der Waals surface area contributed by atoms with Gasteiger partial charge in [-0.1, -0.05) is 6.08 Å². The van der Waals surface area contributed by atoms with Gasteiger partial charge in [0.2, 0.25) is 0 Å². The summed E-state index contributed by atoms with van der Waals surface area (Å²) in [6.07, 6.45) is 2.32. The summed E-state index contributed by atoms with van der Waals surface area (Å²) in [6.45, 7) is 7.26. The molecule has 17 heavy (non-hydrogen) atoms. The van der Waals surface area contributed by atoms with E-state index in [1.807, 2.05) is 13.0 Å². The molecule has 1 N–H and O–H groups in total. The van der Waals surface area contributed by atoms with Gasteiger partial charge in [0.05, 0.1) is 0 Å². The predicted molar refractivity (Wildman–Crippen MR) is 67.5 cm³/mol. The molecule has 0 bridgehead atoms. The van der Waals surface area contributed by atoms with Crippen molar-refractivity contribution in [1.82, 2.24) is 0 Å². The van der Waals surface area contributed by atoms with E-state index in [2.05, 4.69) is 6.58 Å². The molecule has 0 radical (unpaired) electrons. The summed E-state index contributed by atoms with van der Waals surface area (Å²) in [4.78, 5) is 11.3. The minimum Gasteiger partial charge on any atom is -0.507 e. The molecule has 0 aliphatic carbocycles. The number of hydrogen-bond donors (Lipinski definition) is 1. The van der Waals surface area contributed by atoms with Crippen LogP contribution in [0, 0.1) is 13.8 Å². The molecule has 0 atom stereocenters. The summed E-state index contributed by atoms with van der Waals surface area (Å²) in [6, 6.07) is 3.30. The highest BCUT2D eigenvalue weighted by Crippen LogP contribution is 2.31. The van der Waals surface area contributed by atoms with Gasteiger partial charge in [0.15, 0.2) is 0 Å². The molecule has 3 heteroatoms. The summed E-state index contributed by atoms with van der Waals surface area (Å²) < 4.78 is 5.15. The summed E-state index contributed by atoms with van der Waals surface area (Å²) >= 11 is 0. The van der Waals surface area contributed by atoms with E-state index in [-0.39, 0.29) is 5.75 Å². The first-order chi connectivity index (χ1) is 8.04. The van der Waals surface area contributed by atoms with Crippen molar-refractivity contribution in [2.75, 3.05) is 0 Å². The molecule has 0 unspecified atom stereocenters. The minimum absolute atomic E-state index is 0.172. The Morgan fingerprint density at radius 3 is 2.76 bits per heavy atom. The van der Waals surface area contributed by atoms with Crippen LogP contribution in [-0.2, 0) is 6.42 Å². The molecule has 0 saturated carbocycles. The molecule has 1 aromatic heterocycles. The number of rotatable bonds is 2. The summed E-state index contributed by atoms with van der Waals surface area (Å²) in [5.74, 6) is 0.172. The third-order valence-electron chi connectivity index (χ3n) is 2.89. The predicted octanol–water partition coefficient (Wildman–Crippen LogP) is 2.84. The van der Waals surface area contributed by atoms with E-state index in [0.29, 0.717) is 17.6 Å². The van der Waals surface area contributed by atoms with Crippen molar-refractivity contribution < 1.29 is 9.52 Å². The fourth-order valence-electron chi connectivity index (χ4n) is 1.98. The highest BCUT2D eigenvalue weighted by atomic mass is 16.4. The Kier molecular flexibility index (Phi) is 2.76.